The molecule has 0 aliphatic heterocycles. The summed E-state index contributed by atoms with van der Waals surface area (Å²) in [6, 6.07) is 7.40. The SMILES string of the molecule is COc1ccc(Cc2nnc(SCc3noc(-c4ccoc4)n3)o2)cc1OC. The lowest BCUT2D eigenvalue weighted by Gasteiger charge is -2.08. The van der Waals surface area contributed by atoms with E-state index in [4.69, 9.17) is 22.8 Å². The first kappa shape index (κ1) is 18.1. The van der Waals surface area contributed by atoms with E-state index in [0.717, 1.165) is 11.1 Å². The van der Waals surface area contributed by atoms with E-state index >= 15 is 0 Å². The number of furan rings is 1. The number of benzene rings is 1. The van der Waals surface area contributed by atoms with Crippen LogP contribution < -0.4 is 9.47 Å². The number of hydrogen-bond donors (Lipinski definition) is 0. The van der Waals surface area contributed by atoms with Gasteiger partial charge in [-0.25, -0.2) is 0 Å². The number of nitrogens with zero attached hydrogens (tertiary/aromatic N) is 4. The molecule has 0 atom stereocenters. The van der Waals surface area contributed by atoms with Crippen LogP contribution in [0.4, 0.5) is 0 Å². The molecule has 28 heavy (non-hydrogen) atoms. The van der Waals surface area contributed by atoms with Crippen LogP contribution in [-0.4, -0.2) is 34.6 Å². The van der Waals surface area contributed by atoms with Crippen LogP contribution in [0, 0.1) is 0 Å². The minimum atomic E-state index is 0.407. The summed E-state index contributed by atoms with van der Waals surface area (Å²) in [5.74, 6) is 3.20. The van der Waals surface area contributed by atoms with Gasteiger partial charge in [0, 0.05) is 0 Å². The predicted molar refractivity (Wildman–Crippen MR) is 98.2 cm³/mol. The van der Waals surface area contributed by atoms with Crippen molar-refractivity contribution in [2.24, 2.45) is 0 Å². The molecule has 3 heterocycles. The summed E-state index contributed by atoms with van der Waals surface area (Å²) >= 11 is 1.34. The van der Waals surface area contributed by atoms with Crippen molar-refractivity contribution in [2.45, 2.75) is 17.4 Å². The second kappa shape index (κ2) is 8.17. The highest BCUT2D eigenvalue weighted by Crippen LogP contribution is 2.29. The first-order valence-electron chi connectivity index (χ1n) is 8.26. The fraction of sp³-hybridized carbons (Fsp3) is 0.222. The second-order valence-corrected chi connectivity index (χ2v) is 6.57. The summed E-state index contributed by atoms with van der Waals surface area (Å²) in [5, 5.41) is 12.5. The molecule has 0 aliphatic carbocycles. The van der Waals surface area contributed by atoms with E-state index < -0.39 is 0 Å². The summed E-state index contributed by atoms with van der Waals surface area (Å²) in [7, 11) is 3.19. The number of aromatic nitrogens is 4. The van der Waals surface area contributed by atoms with Crippen LogP contribution in [0.25, 0.3) is 11.5 Å². The lowest BCUT2D eigenvalue weighted by atomic mass is 10.1. The Bertz CT molecular complexity index is 1040. The molecule has 0 saturated carbocycles. The lowest BCUT2D eigenvalue weighted by molar-refractivity contribution is 0.354. The molecule has 0 spiro atoms. The van der Waals surface area contributed by atoms with Crippen molar-refractivity contribution in [3.05, 3.63) is 54.1 Å². The third-order valence-corrected chi connectivity index (χ3v) is 4.63. The van der Waals surface area contributed by atoms with Gasteiger partial charge in [-0.15, -0.1) is 10.2 Å². The van der Waals surface area contributed by atoms with E-state index in [2.05, 4.69) is 20.3 Å². The third-order valence-electron chi connectivity index (χ3n) is 3.81. The van der Waals surface area contributed by atoms with Crippen LogP contribution in [0.2, 0.25) is 0 Å². The summed E-state index contributed by atoms with van der Waals surface area (Å²) in [6.45, 7) is 0. The lowest BCUT2D eigenvalue weighted by Crippen LogP contribution is -1.94. The van der Waals surface area contributed by atoms with Crippen LogP contribution in [0.3, 0.4) is 0 Å². The minimum Gasteiger partial charge on any atom is -0.493 e. The number of rotatable bonds is 8. The number of thioether (sulfide) groups is 1. The summed E-state index contributed by atoms with van der Waals surface area (Å²) < 4.78 is 26.4. The van der Waals surface area contributed by atoms with Gasteiger partial charge in [-0.2, -0.15) is 4.98 Å². The van der Waals surface area contributed by atoms with E-state index in [1.807, 2.05) is 18.2 Å². The van der Waals surface area contributed by atoms with Crippen LogP contribution in [0.5, 0.6) is 11.5 Å². The molecule has 4 aromatic rings. The Labute approximate surface area is 164 Å². The van der Waals surface area contributed by atoms with Crippen molar-refractivity contribution in [2.75, 3.05) is 14.2 Å². The molecule has 0 radical (unpaired) electrons. The second-order valence-electron chi connectivity index (χ2n) is 5.64. The summed E-state index contributed by atoms with van der Waals surface area (Å²) in [4.78, 5) is 4.30. The van der Waals surface area contributed by atoms with Crippen molar-refractivity contribution >= 4 is 11.8 Å². The highest BCUT2D eigenvalue weighted by molar-refractivity contribution is 7.98. The molecule has 9 nitrogen and oxygen atoms in total. The van der Waals surface area contributed by atoms with E-state index in [1.165, 1.54) is 11.8 Å². The fourth-order valence-corrected chi connectivity index (χ4v) is 3.10. The maximum absolute atomic E-state index is 5.69. The highest BCUT2D eigenvalue weighted by atomic mass is 32.2. The molecule has 144 valence electrons. The van der Waals surface area contributed by atoms with E-state index in [1.54, 1.807) is 32.8 Å². The maximum atomic E-state index is 5.69. The van der Waals surface area contributed by atoms with E-state index in [0.29, 0.717) is 46.5 Å². The van der Waals surface area contributed by atoms with Crippen molar-refractivity contribution < 1.29 is 22.8 Å². The Hall–Kier alpha value is -3.27. The van der Waals surface area contributed by atoms with Crippen molar-refractivity contribution in [3.63, 3.8) is 0 Å². The van der Waals surface area contributed by atoms with Gasteiger partial charge in [0.25, 0.3) is 11.1 Å². The van der Waals surface area contributed by atoms with E-state index in [-0.39, 0.29) is 0 Å². The van der Waals surface area contributed by atoms with Gasteiger partial charge in [-0.1, -0.05) is 23.0 Å². The predicted octanol–water partition coefficient (Wildman–Crippen LogP) is 3.61. The molecule has 10 heteroatoms. The third kappa shape index (κ3) is 4.01. The molecule has 1 aromatic carbocycles. The first-order chi connectivity index (χ1) is 13.7. The van der Waals surface area contributed by atoms with Crippen LogP contribution in [0.15, 0.2) is 55.4 Å². The summed E-state index contributed by atoms with van der Waals surface area (Å²) in [5.41, 5.74) is 1.71. The molecule has 0 unspecified atom stereocenters. The molecule has 3 aromatic heterocycles. The van der Waals surface area contributed by atoms with Gasteiger partial charge in [0.2, 0.25) is 5.89 Å². The average Bonchev–Trinajstić information content (AvgIpc) is 3.47. The van der Waals surface area contributed by atoms with Gasteiger partial charge in [0.15, 0.2) is 17.3 Å². The van der Waals surface area contributed by atoms with Gasteiger partial charge in [-0.05, 0) is 23.8 Å². The van der Waals surface area contributed by atoms with Gasteiger partial charge in [0.05, 0.1) is 38.2 Å². The van der Waals surface area contributed by atoms with Gasteiger partial charge >= 0.3 is 0 Å². The standard InChI is InChI=1S/C18H16N4O5S/c1-23-13-4-3-11(7-14(13)24-2)8-16-20-21-18(26-16)28-10-15-19-17(27-22-15)12-5-6-25-9-12/h3-7,9H,8,10H2,1-2H3. The van der Waals surface area contributed by atoms with Gasteiger partial charge in [0.1, 0.15) is 6.26 Å². The zero-order chi connectivity index (χ0) is 19.3. The Morgan fingerprint density at radius 2 is 1.96 bits per heavy atom. The smallest absolute Gasteiger partial charge is 0.277 e. The number of ether oxygens (including phenoxy) is 2. The molecule has 0 fully saturated rings. The molecule has 0 aliphatic rings. The van der Waals surface area contributed by atoms with E-state index in [9.17, 15) is 0 Å². The Balaban J connectivity index is 1.37. The molecule has 0 bridgehead atoms. The Morgan fingerprint density at radius 1 is 1.07 bits per heavy atom. The quantitative estimate of drug-likeness (QED) is 0.407. The topological polar surface area (TPSA) is 109 Å². The van der Waals surface area contributed by atoms with Gasteiger partial charge < -0.3 is 22.8 Å². The highest BCUT2D eigenvalue weighted by Gasteiger charge is 2.13. The normalized spacial score (nSPS) is 10.9. The van der Waals surface area contributed by atoms with Crippen molar-refractivity contribution in [1.29, 1.82) is 0 Å². The molecule has 0 N–H and O–H groups in total. The fourth-order valence-electron chi connectivity index (χ4n) is 2.48. The van der Waals surface area contributed by atoms with Crippen LogP contribution in [0.1, 0.15) is 17.3 Å². The van der Waals surface area contributed by atoms with Crippen LogP contribution >= 0.6 is 11.8 Å². The largest absolute Gasteiger partial charge is 0.493 e. The Kier molecular flexibility index (Phi) is 5.29. The maximum Gasteiger partial charge on any atom is 0.277 e. The zero-order valence-corrected chi connectivity index (χ0v) is 15.9. The van der Waals surface area contributed by atoms with Crippen molar-refractivity contribution in [3.8, 4) is 23.0 Å². The minimum absolute atomic E-state index is 0.407. The first-order valence-corrected chi connectivity index (χ1v) is 9.25. The molecule has 0 amide bonds. The molecule has 0 saturated heterocycles. The number of methoxy groups -OCH3 is 2. The Morgan fingerprint density at radius 3 is 2.75 bits per heavy atom. The zero-order valence-electron chi connectivity index (χ0n) is 15.1. The molecule has 4 rings (SSSR count). The monoisotopic (exact) mass is 400 g/mol. The average molecular weight is 400 g/mol. The summed E-state index contributed by atoms with van der Waals surface area (Å²) in [6.07, 6.45) is 3.58. The van der Waals surface area contributed by atoms with Gasteiger partial charge in [-0.3, -0.25) is 0 Å². The molecular weight excluding hydrogens is 384 g/mol. The van der Waals surface area contributed by atoms with Crippen molar-refractivity contribution in [1.82, 2.24) is 20.3 Å². The number of hydrogen-bond acceptors (Lipinski definition) is 10. The van der Waals surface area contributed by atoms with Crippen LogP contribution in [-0.2, 0) is 12.2 Å². The molecular formula is C18H16N4O5S.